The summed E-state index contributed by atoms with van der Waals surface area (Å²) >= 11 is 0. The molecule has 0 saturated carbocycles. The molecule has 8 nitrogen and oxygen atoms in total. The number of nitrogens with one attached hydrogen (secondary N) is 1. The van der Waals surface area contributed by atoms with Gasteiger partial charge in [-0.2, -0.15) is 0 Å². The van der Waals surface area contributed by atoms with Gasteiger partial charge in [-0.15, -0.1) is 0 Å². The standard InChI is InChI=1S/C17H31N3O5/c1-12(17(24)25-4)10-14(21)13(11-15(18)22)19-16(23)8-6-5-7-9-20(2)3/h12-13H,5-11H2,1-4H3,(H2,18,22)(H,19,23)/t12-,13-/m1/s1. The molecule has 2 amide bonds. The van der Waals surface area contributed by atoms with Crippen LogP contribution < -0.4 is 11.1 Å². The minimum atomic E-state index is -1.00. The van der Waals surface area contributed by atoms with Gasteiger partial charge in [0.2, 0.25) is 11.8 Å². The molecule has 0 aromatic carbocycles. The highest BCUT2D eigenvalue weighted by Gasteiger charge is 2.26. The zero-order valence-electron chi connectivity index (χ0n) is 15.7. The van der Waals surface area contributed by atoms with E-state index in [1.807, 2.05) is 14.1 Å². The van der Waals surface area contributed by atoms with Gasteiger partial charge >= 0.3 is 5.97 Å². The number of amides is 2. The first-order valence-electron chi connectivity index (χ1n) is 8.50. The second-order valence-corrected chi connectivity index (χ2v) is 6.50. The lowest BCUT2D eigenvalue weighted by Gasteiger charge is -2.18. The van der Waals surface area contributed by atoms with Crippen LogP contribution in [0.2, 0.25) is 0 Å². The zero-order chi connectivity index (χ0) is 19.4. The summed E-state index contributed by atoms with van der Waals surface area (Å²) in [6.45, 7) is 2.51. The SMILES string of the molecule is COC(=O)[C@H](C)CC(=O)[C@@H](CC(N)=O)NC(=O)CCCCCN(C)C. The molecule has 0 aliphatic heterocycles. The van der Waals surface area contributed by atoms with E-state index >= 15 is 0 Å². The van der Waals surface area contributed by atoms with Gasteiger partial charge < -0.3 is 20.7 Å². The highest BCUT2D eigenvalue weighted by molar-refractivity contribution is 5.94. The molecule has 144 valence electrons. The van der Waals surface area contributed by atoms with Crippen molar-refractivity contribution in [1.82, 2.24) is 10.2 Å². The highest BCUT2D eigenvalue weighted by atomic mass is 16.5. The number of ether oxygens (including phenoxy) is 1. The molecule has 0 rings (SSSR count). The molecule has 2 atom stereocenters. The van der Waals surface area contributed by atoms with Gasteiger partial charge in [0.15, 0.2) is 5.78 Å². The van der Waals surface area contributed by atoms with Crippen LogP contribution in [0.15, 0.2) is 0 Å². The van der Waals surface area contributed by atoms with Crippen molar-refractivity contribution >= 4 is 23.6 Å². The molecule has 0 aromatic heterocycles. The Hall–Kier alpha value is -1.96. The molecule has 0 aliphatic rings. The van der Waals surface area contributed by atoms with Gasteiger partial charge in [0.1, 0.15) is 0 Å². The number of ketones is 1. The Balaban J connectivity index is 4.46. The fourth-order valence-corrected chi connectivity index (χ4v) is 2.33. The number of Topliss-reactive ketones (excluding diaryl/α,β-unsaturated/α-hetero) is 1. The molecular formula is C17H31N3O5. The maximum atomic E-state index is 12.3. The van der Waals surface area contributed by atoms with Crippen LogP contribution in [0, 0.1) is 5.92 Å². The fraction of sp³-hybridized carbons (Fsp3) is 0.765. The molecule has 0 unspecified atom stereocenters. The number of nitrogens with zero attached hydrogens (tertiary/aromatic N) is 1. The number of nitrogens with two attached hydrogens (primary N) is 1. The van der Waals surface area contributed by atoms with E-state index in [2.05, 4.69) is 15.0 Å². The Kier molecular flexibility index (Phi) is 11.4. The monoisotopic (exact) mass is 357 g/mol. The smallest absolute Gasteiger partial charge is 0.308 e. The Morgan fingerprint density at radius 2 is 1.72 bits per heavy atom. The summed E-state index contributed by atoms with van der Waals surface area (Å²) in [5, 5.41) is 2.56. The third kappa shape index (κ3) is 11.3. The second kappa shape index (κ2) is 12.4. The Bertz CT molecular complexity index is 465. The van der Waals surface area contributed by atoms with Crippen molar-refractivity contribution in [3.63, 3.8) is 0 Å². The molecule has 3 N–H and O–H groups in total. The van der Waals surface area contributed by atoms with Crippen LogP contribution in [-0.4, -0.2) is 62.3 Å². The molecule has 8 heteroatoms. The number of hydrogen-bond acceptors (Lipinski definition) is 6. The van der Waals surface area contributed by atoms with Gasteiger partial charge in [0.05, 0.1) is 25.5 Å². The van der Waals surface area contributed by atoms with Gasteiger partial charge in [0, 0.05) is 12.8 Å². The molecule has 0 radical (unpaired) electrons. The third-order valence-electron chi connectivity index (χ3n) is 3.75. The maximum Gasteiger partial charge on any atom is 0.308 e. The van der Waals surface area contributed by atoms with Gasteiger partial charge in [-0.3, -0.25) is 19.2 Å². The third-order valence-corrected chi connectivity index (χ3v) is 3.75. The lowest BCUT2D eigenvalue weighted by Crippen LogP contribution is -2.44. The predicted octanol–water partition coefficient (Wildman–Crippen LogP) is 0.237. The average molecular weight is 357 g/mol. The van der Waals surface area contributed by atoms with Gasteiger partial charge in [0.25, 0.3) is 0 Å². The molecule has 0 bridgehead atoms. The van der Waals surface area contributed by atoms with Crippen LogP contribution in [0.1, 0.15) is 45.4 Å². The Labute approximate surface area is 149 Å². The van der Waals surface area contributed by atoms with Crippen molar-refractivity contribution in [3.8, 4) is 0 Å². The topological polar surface area (TPSA) is 119 Å². The van der Waals surface area contributed by atoms with Crippen LogP contribution in [0.4, 0.5) is 0 Å². The minimum absolute atomic E-state index is 0.117. The van der Waals surface area contributed by atoms with Crippen LogP contribution in [-0.2, 0) is 23.9 Å². The average Bonchev–Trinajstić information content (AvgIpc) is 2.52. The van der Waals surface area contributed by atoms with E-state index < -0.39 is 29.6 Å². The first-order chi connectivity index (χ1) is 11.7. The van der Waals surface area contributed by atoms with Crippen LogP contribution in [0.5, 0.6) is 0 Å². The minimum Gasteiger partial charge on any atom is -0.469 e. The van der Waals surface area contributed by atoms with Crippen LogP contribution >= 0.6 is 0 Å². The lowest BCUT2D eigenvalue weighted by molar-refractivity contribution is -0.146. The highest BCUT2D eigenvalue weighted by Crippen LogP contribution is 2.09. The molecule has 0 spiro atoms. The van der Waals surface area contributed by atoms with Gasteiger partial charge in [-0.1, -0.05) is 13.3 Å². The number of esters is 1. The second-order valence-electron chi connectivity index (χ2n) is 6.50. The number of methoxy groups -OCH3 is 1. The summed E-state index contributed by atoms with van der Waals surface area (Å²) < 4.78 is 4.57. The molecule has 0 saturated heterocycles. The normalized spacial score (nSPS) is 13.2. The number of unbranched alkanes of at least 4 members (excludes halogenated alkanes) is 2. The molecule has 0 fully saturated rings. The zero-order valence-corrected chi connectivity index (χ0v) is 15.7. The number of hydrogen-bond donors (Lipinski definition) is 2. The summed E-state index contributed by atoms with van der Waals surface area (Å²) in [5.41, 5.74) is 5.15. The van der Waals surface area contributed by atoms with Crippen molar-refractivity contribution in [2.45, 2.75) is 51.5 Å². The van der Waals surface area contributed by atoms with E-state index in [-0.39, 0.29) is 25.2 Å². The maximum absolute atomic E-state index is 12.3. The Morgan fingerprint density at radius 1 is 1.08 bits per heavy atom. The number of rotatable bonds is 13. The summed E-state index contributed by atoms with van der Waals surface area (Å²) in [7, 11) is 5.21. The first kappa shape index (κ1) is 23.0. The van der Waals surface area contributed by atoms with E-state index in [0.29, 0.717) is 6.42 Å². The van der Waals surface area contributed by atoms with Crippen LogP contribution in [0.3, 0.4) is 0 Å². The number of carbonyl (C=O) groups is 4. The summed E-state index contributed by atoms with van der Waals surface area (Å²) in [6.07, 6.45) is 2.48. The van der Waals surface area contributed by atoms with Gasteiger partial charge in [-0.05, 0) is 33.5 Å². The molecule has 0 aromatic rings. The van der Waals surface area contributed by atoms with E-state index in [0.717, 1.165) is 19.4 Å². The summed E-state index contributed by atoms with van der Waals surface area (Å²) in [6, 6.07) is -1.00. The summed E-state index contributed by atoms with van der Waals surface area (Å²) in [5.74, 6) is -2.54. The van der Waals surface area contributed by atoms with E-state index in [4.69, 9.17) is 5.73 Å². The lowest BCUT2D eigenvalue weighted by atomic mass is 9.98. The number of carbonyl (C=O) groups excluding carboxylic acids is 4. The predicted molar refractivity (Wildman–Crippen MR) is 93.6 cm³/mol. The fourth-order valence-electron chi connectivity index (χ4n) is 2.33. The number of primary amides is 1. The summed E-state index contributed by atoms with van der Waals surface area (Å²) in [4.78, 5) is 48.9. The van der Waals surface area contributed by atoms with Crippen molar-refractivity contribution in [3.05, 3.63) is 0 Å². The Morgan fingerprint density at radius 3 is 2.24 bits per heavy atom. The van der Waals surface area contributed by atoms with Crippen LogP contribution in [0.25, 0.3) is 0 Å². The van der Waals surface area contributed by atoms with Gasteiger partial charge in [-0.25, -0.2) is 0 Å². The van der Waals surface area contributed by atoms with Crippen molar-refractivity contribution in [2.75, 3.05) is 27.7 Å². The molecule has 0 heterocycles. The first-order valence-corrected chi connectivity index (χ1v) is 8.50. The van der Waals surface area contributed by atoms with E-state index in [1.165, 1.54) is 7.11 Å². The quantitative estimate of drug-likeness (QED) is 0.360. The van der Waals surface area contributed by atoms with Crippen molar-refractivity contribution in [1.29, 1.82) is 0 Å². The van der Waals surface area contributed by atoms with E-state index in [9.17, 15) is 19.2 Å². The van der Waals surface area contributed by atoms with Crippen molar-refractivity contribution < 1.29 is 23.9 Å². The molecular weight excluding hydrogens is 326 g/mol. The van der Waals surface area contributed by atoms with E-state index in [1.54, 1.807) is 6.92 Å². The molecule has 0 aliphatic carbocycles. The molecule has 25 heavy (non-hydrogen) atoms. The largest absolute Gasteiger partial charge is 0.469 e. The van der Waals surface area contributed by atoms with Crippen molar-refractivity contribution in [2.24, 2.45) is 11.7 Å².